The molecule has 0 aliphatic carbocycles. The largest absolute Gasteiger partial charge is 0.497 e. The van der Waals surface area contributed by atoms with Crippen LogP contribution in [0.2, 0.25) is 0 Å². The monoisotopic (exact) mass is 290 g/mol. The van der Waals surface area contributed by atoms with Crippen LogP contribution >= 0.6 is 11.3 Å². The molecular formula is C15H18N2O2S. The second-order valence-electron chi connectivity index (χ2n) is 4.54. The lowest BCUT2D eigenvalue weighted by Crippen LogP contribution is -2.24. The van der Waals surface area contributed by atoms with E-state index in [0.717, 1.165) is 26.9 Å². The van der Waals surface area contributed by atoms with Gasteiger partial charge < -0.3 is 10.1 Å². The molecule has 0 spiro atoms. The number of benzene rings is 1. The van der Waals surface area contributed by atoms with Crippen molar-refractivity contribution in [3.05, 3.63) is 45.4 Å². The second kappa shape index (κ2) is 6.52. The van der Waals surface area contributed by atoms with Crippen LogP contribution in [0, 0.1) is 13.8 Å². The molecule has 0 saturated heterocycles. The van der Waals surface area contributed by atoms with Gasteiger partial charge in [-0.2, -0.15) is 0 Å². The summed E-state index contributed by atoms with van der Waals surface area (Å²) in [6, 6.07) is 7.53. The Morgan fingerprint density at radius 2 is 2.00 bits per heavy atom. The summed E-state index contributed by atoms with van der Waals surface area (Å²) < 4.78 is 5.09. The Labute approximate surface area is 122 Å². The molecule has 1 N–H and O–H groups in total. The molecule has 0 fully saturated rings. The molecule has 0 radical (unpaired) electrons. The molecule has 106 valence electrons. The standard InChI is InChI=1S/C15H18N2O2S/c1-10-14(20-11(2)17-10)9-16-15(18)8-12-4-6-13(19-3)7-5-12/h4-7H,8-9H2,1-3H3,(H,16,18). The lowest BCUT2D eigenvalue weighted by atomic mass is 10.1. The summed E-state index contributed by atoms with van der Waals surface area (Å²) in [7, 11) is 1.63. The van der Waals surface area contributed by atoms with Crippen LogP contribution < -0.4 is 10.1 Å². The van der Waals surface area contributed by atoms with Crippen LogP contribution in [0.1, 0.15) is 21.1 Å². The maximum absolute atomic E-state index is 11.9. The highest BCUT2D eigenvalue weighted by Gasteiger charge is 2.07. The average molecular weight is 290 g/mol. The molecule has 1 aromatic carbocycles. The number of nitrogens with one attached hydrogen (secondary N) is 1. The summed E-state index contributed by atoms with van der Waals surface area (Å²) in [5.41, 5.74) is 1.97. The Kier molecular flexibility index (Phi) is 4.74. The topological polar surface area (TPSA) is 51.2 Å². The highest BCUT2D eigenvalue weighted by molar-refractivity contribution is 7.11. The summed E-state index contributed by atoms with van der Waals surface area (Å²) in [6.07, 6.45) is 0.376. The summed E-state index contributed by atoms with van der Waals surface area (Å²) in [5, 5.41) is 3.96. The van der Waals surface area contributed by atoms with E-state index in [4.69, 9.17) is 4.74 Å². The number of thiazole rings is 1. The summed E-state index contributed by atoms with van der Waals surface area (Å²) in [5.74, 6) is 0.811. The lowest BCUT2D eigenvalue weighted by molar-refractivity contribution is -0.120. The van der Waals surface area contributed by atoms with Gasteiger partial charge in [-0.3, -0.25) is 4.79 Å². The van der Waals surface area contributed by atoms with Gasteiger partial charge in [0.05, 0.1) is 30.8 Å². The van der Waals surface area contributed by atoms with Gasteiger partial charge in [0, 0.05) is 4.88 Å². The van der Waals surface area contributed by atoms with E-state index in [-0.39, 0.29) is 5.91 Å². The molecular weight excluding hydrogens is 272 g/mol. The van der Waals surface area contributed by atoms with Crippen LogP contribution in [0.15, 0.2) is 24.3 Å². The van der Waals surface area contributed by atoms with E-state index in [2.05, 4.69) is 10.3 Å². The first-order valence-corrected chi connectivity index (χ1v) is 7.22. The van der Waals surface area contributed by atoms with Crippen molar-refractivity contribution in [2.45, 2.75) is 26.8 Å². The molecule has 5 heteroatoms. The molecule has 0 aliphatic heterocycles. The number of carbonyl (C=O) groups is 1. The first-order chi connectivity index (χ1) is 9.58. The predicted molar refractivity (Wildman–Crippen MR) is 80.1 cm³/mol. The lowest BCUT2D eigenvalue weighted by Gasteiger charge is -2.05. The van der Waals surface area contributed by atoms with Crippen LogP contribution in [0.25, 0.3) is 0 Å². The highest BCUT2D eigenvalue weighted by Crippen LogP contribution is 2.16. The fourth-order valence-electron chi connectivity index (χ4n) is 1.91. The molecule has 0 bridgehead atoms. The van der Waals surface area contributed by atoms with Crippen LogP contribution in [-0.2, 0) is 17.8 Å². The first kappa shape index (κ1) is 14.5. The zero-order valence-electron chi connectivity index (χ0n) is 11.9. The number of carbonyl (C=O) groups excluding carboxylic acids is 1. The van der Waals surface area contributed by atoms with Crippen LogP contribution in [0.5, 0.6) is 5.75 Å². The molecule has 2 aromatic rings. The molecule has 2 rings (SSSR count). The van der Waals surface area contributed by atoms with Crippen molar-refractivity contribution in [3.63, 3.8) is 0 Å². The number of rotatable bonds is 5. The minimum atomic E-state index is 0.0145. The fraction of sp³-hybridized carbons (Fsp3) is 0.333. The van der Waals surface area contributed by atoms with E-state index in [0.29, 0.717) is 13.0 Å². The Morgan fingerprint density at radius 1 is 1.30 bits per heavy atom. The Morgan fingerprint density at radius 3 is 2.55 bits per heavy atom. The zero-order valence-corrected chi connectivity index (χ0v) is 12.7. The van der Waals surface area contributed by atoms with E-state index >= 15 is 0 Å². The highest BCUT2D eigenvalue weighted by atomic mass is 32.1. The van der Waals surface area contributed by atoms with Gasteiger partial charge >= 0.3 is 0 Å². The normalized spacial score (nSPS) is 10.3. The third-order valence-electron chi connectivity index (χ3n) is 2.97. The predicted octanol–water partition coefficient (Wildman–Crippen LogP) is 2.63. The number of ether oxygens (including phenoxy) is 1. The first-order valence-electron chi connectivity index (χ1n) is 6.41. The molecule has 1 heterocycles. The summed E-state index contributed by atoms with van der Waals surface area (Å²) >= 11 is 1.63. The van der Waals surface area contributed by atoms with Gasteiger partial charge in [-0.05, 0) is 31.5 Å². The molecule has 1 aromatic heterocycles. The number of methoxy groups -OCH3 is 1. The minimum Gasteiger partial charge on any atom is -0.497 e. The molecule has 0 unspecified atom stereocenters. The van der Waals surface area contributed by atoms with E-state index in [1.807, 2.05) is 38.1 Å². The van der Waals surface area contributed by atoms with E-state index in [1.165, 1.54) is 0 Å². The summed E-state index contributed by atoms with van der Waals surface area (Å²) in [6.45, 7) is 4.49. The van der Waals surface area contributed by atoms with E-state index in [1.54, 1.807) is 18.4 Å². The molecule has 0 aliphatic rings. The fourth-order valence-corrected chi connectivity index (χ4v) is 2.78. The van der Waals surface area contributed by atoms with Gasteiger partial charge in [-0.15, -0.1) is 11.3 Å². The number of aromatic nitrogens is 1. The number of aryl methyl sites for hydroxylation is 2. The second-order valence-corrected chi connectivity index (χ2v) is 5.83. The van der Waals surface area contributed by atoms with Gasteiger partial charge in [0.15, 0.2) is 0 Å². The van der Waals surface area contributed by atoms with Crippen molar-refractivity contribution < 1.29 is 9.53 Å². The third kappa shape index (κ3) is 3.81. The van der Waals surface area contributed by atoms with Crippen molar-refractivity contribution in [1.29, 1.82) is 0 Å². The minimum absolute atomic E-state index is 0.0145. The van der Waals surface area contributed by atoms with Crippen LogP contribution in [0.3, 0.4) is 0 Å². The number of hydrogen-bond donors (Lipinski definition) is 1. The van der Waals surface area contributed by atoms with Crippen LogP contribution in [-0.4, -0.2) is 18.0 Å². The molecule has 4 nitrogen and oxygen atoms in total. The van der Waals surface area contributed by atoms with Crippen molar-refractivity contribution in [2.24, 2.45) is 0 Å². The maximum Gasteiger partial charge on any atom is 0.224 e. The van der Waals surface area contributed by atoms with E-state index in [9.17, 15) is 4.79 Å². The van der Waals surface area contributed by atoms with Crippen molar-refractivity contribution >= 4 is 17.2 Å². The number of amides is 1. The molecule has 20 heavy (non-hydrogen) atoms. The average Bonchev–Trinajstić information content (AvgIpc) is 2.75. The Bertz CT molecular complexity index is 590. The van der Waals surface area contributed by atoms with Gasteiger partial charge in [-0.1, -0.05) is 12.1 Å². The zero-order chi connectivity index (χ0) is 14.5. The number of nitrogens with zero attached hydrogens (tertiary/aromatic N) is 1. The summed E-state index contributed by atoms with van der Waals surface area (Å²) in [4.78, 5) is 17.4. The Hall–Kier alpha value is -1.88. The van der Waals surface area contributed by atoms with Gasteiger partial charge in [0.1, 0.15) is 5.75 Å². The third-order valence-corrected chi connectivity index (χ3v) is 4.04. The van der Waals surface area contributed by atoms with E-state index < -0.39 is 0 Å². The van der Waals surface area contributed by atoms with Crippen molar-refractivity contribution in [1.82, 2.24) is 10.3 Å². The Balaban J connectivity index is 1.87. The smallest absolute Gasteiger partial charge is 0.224 e. The van der Waals surface area contributed by atoms with Crippen LogP contribution in [0.4, 0.5) is 0 Å². The quantitative estimate of drug-likeness (QED) is 0.921. The van der Waals surface area contributed by atoms with Gasteiger partial charge in [-0.25, -0.2) is 4.98 Å². The molecule has 1 amide bonds. The SMILES string of the molecule is COc1ccc(CC(=O)NCc2sc(C)nc2C)cc1. The molecule has 0 saturated carbocycles. The number of hydrogen-bond acceptors (Lipinski definition) is 4. The maximum atomic E-state index is 11.9. The van der Waals surface area contributed by atoms with Gasteiger partial charge in [0.2, 0.25) is 5.91 Å². The van der Waals surface area contributed by atoms with Crippen molar-refractivity contribution in [3.8, 4) is 5.75 Å². The molecule has 0 atom stereocenters. The van der Waals surface area contributed by atoms with Crippen molar-refractivity contribution in [2.75, 3.05) is 7.11 Å². The van der Waals surface area contributed by atoms with Gasteiger partial charge in [0.25, 0.3) is 0 Å².